The normalized spacial score (nSPS) is 11.3. The summed E-state index contributed by atoms with van der Waals surface area (Å²) in [5.41, 5.74) is 5.73. The number of carbonyl (C=O) groups is 1. The van der Waals surface area contributed by atoms with Crippen molar-refractivity contribution in [3.8, 4) is 0 Å². The molecule has 0 heterocycles. The van der Waals surface area contributed by atoms with E-state index in [0.717, 1.165) is 11.8 Å². The van der Waals surface area contributed by atoms with Gasteiger partial charge in [0.25, 0.3) is 5.91 Å². The number of nitrogens with zero attached hydrogens (tertiary/aromatic N) is 1. The number of benzene rings is 1. The maximum atomic E-state index is 12.5. The van der Waals surface area contributed by atoms with Gasteiger partial charge in [-0.15, -0.1) is 0 Å². The van der Waals surface area contributed by atoms with E-state index in [9.17, 15) is 18.0 Å². The average molecular weight is 323 g/mol. The molecule has 20 heavy (non-hydrogen) atoms. The molecule has 0 saturated carbocycles. The summed E-state index contributed by atoms with van der Waals surface area (Å²) in [6.07, 6.45) is -2.82. The van der Waals surface area contributed by atoms with Crippen LogP contribution in [0.15, 0.2) is 41.2 Å². The molecular formula is C12H10ClF3N2OS. The fourth-order valence-corrected chi connectivity index (χ4v) is 1.89. The van der Waals surface area contributed by atoms with Crippen molar-refractivity contribution in [3.05, 3.63) is 46.8 Å². The first-order chi connectivity index (χ1) is 9.40. The molecular weight excluding hydrogens is 313 g/mol. The van der Waals surface area contributed by atoms with Crippen molar-refractivity contribution >= 4 is 34.4 Å². The van der Waals surface area contributed by atoms with E-state index in [0.29, 0.717) is 10.6 Å². The van der Waals surface area contributed by atoms with Gasteiger partial charge < -0.3 is 5.73 Å². The maximum absolute atomic E-state index is 12.5. The van der Waals surface area contributed by atoms with Gasteiger partial charge in [-0.05, 0) is 24.3 Å². The summed E-state index contributed by atoms with van der Waals surface area (Å²) >= 11 is 6.49. The number of thioether (sulfide) groups is 1. The number of aliphatic imine (C=N–C) groups is 1. The molecule has 0 atom stereocenters. The minimum atomic E-state index is -2.35. The quantitative estimate of drug-likeness (QED) is 0.673. The van der Waals surface area contributed by atoms with E-state index in [-0.39, 0.29) is 10.9 Å². The monoisotopic (exact) mass is 322 g/mol. The fourth-order valence-electron chi connectivity index (χ4n) is 1.13. The number of rotatable bonds is 4. The maximum Gasteiger partial charge on any atom is 0.301 e. The highest BCUT2D eigenvalue weighted by Crippen LogP contribution is 2.16. The molecule has 3 nitrogen and oxygen atoms in total. The first kappa shape index (κ1) is 16.6. The van der Waals surface area contributed by atoms with Crippen molar-refractivity contribution in [2.24, 2.45) is 10.7 Å². The van der Waals surface area contributed by atoms with Gasteiger partial charge in [0.05, 0.1) is 0 Å². The van der Waals surface area contributed by atoms with E-state index in [1.54, 1.807) is 0 Å². The molecule has 0 aromatic heterocycles. The van der Waals surface area contributed by atoms with Crippen molar-refractivity contribution < 1.29 is 18.0 Å². The number of amides is 1. The van der Waals surface area contributed by atoms with Crippen molar-refractivity contribution in [1.29, 1.82) is 0 Å². The molecule has 108 valence electrons. The number of amidine groups is 1. The van der Waals surface area contributed by atoms with Gasteiger partial charge in [-0.25, -0.2) is 4.39 Å². The summed E-state index contributed by atoms with van der Waals surface area (Å²) < 4.78 is 36.1. The summed E-state index contributed by atoms with van der Waals surface area (Å²) in [7, 11) is 0. The lowest BCUT2D eigenvalue weighted by molar-refractivity contribution is 0.100. The Morgan fingerprint density at radius 1 is 1.25 bits per heavy atom. The van der Waals surface area contributed by atoms with Gasteiger partial charge in [-0.1, -0.05) is 23.4 Å². The Kier molecular flexibility index (Phi) is 6.60. The molecule has 0 saturated heterocycles. The van der Waals surface area contributed by atoms with Crippen LogP contribution in [0.4, 0.5) is 13.2 Å². The number of nitrogens with two attached hydrogens (primary N) is 1. The zero-order valence-electron chi connectivity index (χ0n) is 10.1. The molecule has 1 aromatic rings. The van der Waals surface area contributed by atoms with Crippen LogP contribution in [0.3, 0.4) is 0 Å². The molecule has 0 aliphatic carbocycles. The molecule has 0 radical (unpaired) electrons. The van der Waals surface area contributed by atoms with Crippen LogP contribution in [0.2, 0.25) is 5.02 Å². The van der Waals surface area contributed by atoms with Gasteiger partial charge in [0.2, 0.25) is 0 Å². The second-order valence-electron chi connectivity index (χ2n) is 3.53. The topological polar surface area (TPSA) is 55.4 Å². The van der Waals surface area contributed by atoms with E-state index >= 15 is 0 Å². The van der Waals surface area contributed by atoms with Gasteiger partial charge in [0.15, 0.2) is 11.0 Å². The van der Waals surface area contributed by atoms with Crippen LogP contribution in [0.25, 0.3) is 0 Å². The molecule has 0 aliphatic heterocycles. The fraction of sp³-hybridized carbons (Fsp3) is 0.167. The highest BCUT2D eigenvalue weighted by molar-refractivity contribution is 8.13. The lowest BCUT2D eigenvalue weighted by Crippen LogP contribution is -2.11. The zero-order valence-corrected chi connectivity index (χ0v) is 11.6. The van der Waals surface area contributed by atoms with Crippen LogP contribution in [0.5, 0.6) is 0 Å². The molecule has 0 spiro atoms. The Bertz CT molecular complexity index is 542. The zero-order chi connectivity index (χ0) is 15.1. The number of hydrogen-bond acceptors (Lipinski definition) is 2. The SMILES string of the molecule is NC(=NC(=O)c1ccc(Cl)cc1)SCCC(F)=C(F)F. The summed E-state index contributed by atoms with van der Waals surface area (Å²) in [5, 5.41) is 0.361. The Morgan fingerprint density at radius 3 is 2.40 bits per heavy atom. The third kappa shape index (κ3) is 5.66. The van der Waals surface area contributed by atoms with Crippen molar-refractivity contribution in [1.82, 2.24) is 0 Å². The largest absolute Gasteiger partial charge is 0.378 e. The summed E-state index contributed by atoms with van der Waals surface area (Å²) in [4.78, 5) is 15.2. The predicted molar refractivity (Wildman–Crippen MR) is 74.8 cm³/mol. The molecule has 1 rings (SSSR count). The highest BCUT2D eigenvalue weighted by Gasteiger charge is 2.08. The third-order valence-corrected chi connectivity index (χ3v) is 3.13. The molecule has 0 fully saturated rings. The van der Waals surface area contributed by atoms with Gasteiger partial charge >= 0.3 is 6.08 Å². The smallest absolute Gasteiger partial charge is 0.301 e. The Morgan fingerprint density at radius 2 is 1.85 bits per heavy atom. The van der Waals surface area contributed by atoms with E-state index in [2.05, 4.69) is 4.99 Å². The summed E-state index contributed by atoms with van der Waals surface area (Å²) in [6, 6.07) is 6.01. The summed E-state index contributed by atoms with van der Waals surface area (Å²) in [6.45, 7) is 0. The van der Waals surface area contributed by atoms with Crippen LogP contribution >= 0.6 is 23.4 Å². The van der Waals surface area contributed by atoms with Crippen LogP contribution in [0, 0.1) is 0 Å². The van der Waals surface area contributed by atoms with E-state index in [4.69, 9.17) is 17.3 Å². The lowest BCUT2D eigenvalue weighted by atomic mass is 10.2. The first-order valence-corrected chi connectivity index (χ1v) is 6.73. The van der Waals surface area contributed by atoms with Crippen LogP contribution in [-0.4, -0.2) is 16.8 Å². The molecule has 8 heteroatoms. The van der Waals surface area contributed by atoms with Crippen molar-refractivity contribution in [2.75, 3.05) is 5.75 Å². The molecule has 0 aliphatic rings. The molecule has 0 bridgehead atoms. The van der Waals surface area contributed by atoms with Crippen LogP contribution in [0.1, 0.15) is 16.8 Å². The molecule has 2 N–H and O–H groups in total. The van der Waals surface area contributed by atoms with Gasteiger partial charge in [0, 0.05) is 22.8 Å². The molecule has 0 unspecified atom stereocenters. The van der Waals surface area contributed by atoms with Crippen molar-refractivity contribution in [2.45, 2.75) is 6.42 Å². The van der Waals surface area contributed by atoms with E-state index in [1.807, 2.05) is 0 Å². The lowest BCUT2D eigenvalue weighted by Gasteiger charge is -2.00. The highest BCUT2D eigenvalue weighted by atomic mass is 35.5. The average Bonchev–Trinajstić information content (AvgIpc) is 2.39. The number of hydrogen-bond donors (Lipinski definition) is 1. The Hall–Kier alpha value is -1.47. The van der Waals surface area contributed by atoms with Crippen LogP contribution < -0.4 is 5.73 Å². The first-order valence-electron chi connectivity index (χ1n) is 5.36. The van der Waals surface area contributed by atoms with Gasteiger partial charge in [-0.2, -0.15) is 13.8 Å². The third-order valence-electron chi connectivity index (χ3n) is 2.08. The molecule has 1 amide bonds. The van der Waals surface area contributed by atoms with Crippen LogP contribution in [-0.2, 0) is 0 Å². The number of halogens is 4. The van der Waals surface area contributed by atoms with E-state index in [1.165, 1.54) is 24.3 Å². The number of allylic oxidation sites excluding steroid dienone is 1. The second kappa shape index (κ2) is 7.96. The summed E-state index contributed by atoms with van der Waals surface area (Å²) in [5.74, 6) is -2.11. The minimum absolute atomic E-state index is 0.0353. The standard InChI is InChI=1S/C12H10ClF3N2OS/c13-8-3-1-7(2-4-8)11(19)18-12(17)20-6-5-9(14)10(15)16/h1-4H,5-6H2,(H2,17,18,19). The Balaban J connectivity index is 2.54. The van der Waals surface area contributed by atoms with Crippen molar-refractivity contribution in [3.63, 3.8) is 0 Å². The van der Waals surface area contributed by atoms with E-state index < -0.39 is 24.2 Å². The molecule has 1 aromatic carbocycles. The van der Waals surface area contributed by atoms with Gasteiger partial charge in [0.1, 0.15) is 0 Å². The van der Waals surface area contributed by atoms with Gasteiger partial charge in [-0.3, -0.25) is 4.79 Å². The predicted octanol–water partition coefficient (Wildman–Crippen LogP) is 4.00. The Labute approximate surface area is 122 Å². The second-order valence-corrected chi connectivity index (χ2v) is 5.08. The number of carbonyl (C=O) groups excluding carboxylic acids is 1. The minimum Gasteiger partial charge on any atom is -0.378 e.